The molecule has 0 radical (unpaired) electrons. The molecule has 14 heavy (non-hydrogen) atoms. The van der Waals surface area contributed by atoms with Crippen LogP contribution in [-0.4, -0.2) is 4.92 Å². The van der Waals surface area contributed by atoms with Crippen LogP contribution in [0.1, 0.15) is 26.3 Å². The maximum Gasteiger partial charge on any atom is 0.271 e. The molecule has 0 aliphatic heterocycles. The number of hydrogen-bond acceptors (Lipinski definition) is 3. The van der Waals surface area contributed by atoms with Crippen LogP contribution in [0.5, 0.6) is 0 Å². The number of non-ortho nitro benzene ring substituents is 1. The molecule has 1 rings (SSSR count). The molecular weight excluding hydrogens is 180 g/mol. The smallest absolute Gasteiger partial charge is 0.271 e. The first-order chi connectivity index (χ1) is 6.30. The SMILES string of the molecule is CC(C)(C)c1cc(N)cc([N+](=O)[O-])c1. The van der Waals surface area contributed by atoms with E-state index in [1.165, 1.54) is 6.07 Å². The Labute approximate surface area is 82.9 Å². The number of nitrogens with zero attached hydrogens (tertiary/aromatic N) is 1. The molecule has 0 atom stereocenters. The van der Waals surface area contributed by atoms with Crippen molar-refractivity contribution in [1.82, 2.24) is 0 Å². The molecule has 4 heteroatoms. The lowest BCUT2D eigenvalue weighted by molar-refractivity contribution is -0.384. The van der Waals surface area contributed by atoms with Crippen molar-refractivity contribution in [2.75, 3.05) is 5.73 Å². The molecule has 0 bridgehead atoms. The van der Waals surface area contributed by atoms with Gasteiger partial charge >= 0.3 is 0 Å². The highest BCUT2D eigenvalue weighted by atomic mass is 16.6. The summed E-state index contributed by atoms with van der Waals surface area (Å²) in [5.74, 6) is 0. The molecule has 0 aliphatic rings. The Balaban J connectivity index is 3.28. The molecular formula is C10H14N2O2. The lowest BCUT2D eigenvalue weighted by Gasteiger charge is -2.18. The maximum absolute atomic E-state index is 10.6. The number of rotatable bonds is 1. The summed E-state index contributed by atoms with van der Waals surface area (Å²) in [5.41, 5.74) is 6.83. The van der Waals surface area contributed by atoms with E-state index in [9.17, 15) is 10.1 Å². The minimum Gasteiger partial charge on any atom is -0.399 e. The third kappa shape index (κ3) is 2.22. The molecule has 0 aromatic heterocycles. The fourth-order valence-corrected chi connectivity index (χ4v) is 1.17. The number of nitro benzene ring substituents is 1. The van der Waals surface area contributed by atoms with Gasteiger partial charge < -0.3 is 5.73 Å². The molecule has 0 saturated heterocycles. The van der Waals surface area contributed by atoms with Gasteiger partial charge in [-0.1, -0.05) is 20.8 Å². The zero-order valence-electron chi connectivity index (χ0n) is 8.57. The molecule has 0 saturated carbocycles. The van der Waals surface area contributed by atoms with E-state index in [0.29, 0.717) is 5.69 Å². The number of nitrogens with two attached hydrogens (primary N) is 1. The summed E-state index contributed by atoms with van der Waals surface area (Å²) in [7, 11) is 0. The summed E-state index contributed by atoms with van der Waals surface area (Å²) < 4.78 is 0. The van der Waals surface area contributed by atoms with E-state index >= 15 is 0 Å². The van der Waals surface area contributed by atoms with E-state index < -0.39 is 4.92 Å². The molecule has 0 spiro atoms. The van der Waals surface area contributed by atoms with Crippen molar-refractivity contribution in [3.05, 3.63) is 33.9 Å². The van der Waals surface area contributed by atoms with E-state index in [1.54, 1.807) is 12.1 Å². The molecule has 2 N–H and O–H groups in total. The van der Waals surface area contributed by atoms with E-state index in [0.717, 1.165) is 5.56 Å². The number of nitrogen functional groups attached to an aromatic ring is 1. The average molecular weight is 194 g/mol. The molecule has 1 aromatic rings. The zero-order valence-corrected chi connectivity index (χ0v) is 8.57. The highest BCUT2D eigenvalue weighted by Crippen LogP contribution is 2.28. The lowest BCUT2D eigenvalue weighted by Crippen LogP contribution is -2.11. The van der Waals surface area contributed by atoms with Gasteiger partial charge in [-0.3, -0.25) is 10.1 Å². The molecule has 0 heterocycles. The van der Waals surface area contributed by atoms with Crippen LogP contribution in [-0.2, 0) is 5.41 Å². The summed E-state index contributed by atoms with van der Waals surface area (Å²) in [6.45, 7) is 5.97. The fourth-order valence-electron chi connectivity index (χ4n) is 1.17. The standard InChI is InChI=1S/C10H14N2O2/c1-10(2,3)7-4-8(11)6-9(5-7)12(13)14/h4-6H,11H2,1-3H3. The second-order valence-corrected chi connectivity index (χ2v) is 4.32. The zero-order chi connectivity index (χ0) is 10.9. The van der Waals surface area contributed by atoms with E-state index in [4.69, 9.17) is 5.73 Å². The van der Waals surface area contributed by atoms with Crippen LogP contribution in [0.4, 0.5) is 11.4 Å². The second-order valence-electron chi connectivity index (χ2n) is 4.32. The minimum absolute atomic E-state index is 0.0509. The van der Waals surface area contributed by atoms with Gasteiger partial charge in [0.1, 0.15) is 0 Å². The number of benzene rings is 1. The molecule has 4 nitrogen and oxygen atoms in total. The Morgan fingerprint density at radius 1 is 1.29 bits per heavy atom. The number of anilines is 1. The van der Waals surface area contributed by atoms with Gasteiger partial charge in [-0.2, -0.15) is 0 Å². The van der Waals surface area contributed by atoms with Gasteiger partial charge in [0.05, 0.1) is 4.92 Å². The summed E-state index contributed by atoms with van der Waals surface area (Å²) in [4.78, 5) is 10.2. The van der Waals surface area contributed by atoms with E-state index in [2.05, 4.69) is 0 Å². The molecule has 0 unspecified atom stereocenters. The predicted octanol–water partition coefficient (Wildman–Crippen LogP) is 2.47. The third-order valence-corrected chi connectivity index (χ3v) is 2.02. The normalized spacial score (nSPS) is 11.4. The van der Waals surface area contributed by atoms with Crippen molar-refractivity contribution in [2.45, 2.75) is 26.2 Å². The van der Waals surface area contributed by atoms with Gasteiger partial charge in [0.15, 0.2) is 0 Å². The predicted molar refractivity (Wildman–Crippen MR) is 56.2 cm³/mol. The highest BCUT2D eigenvalue weighted by Gasteiger charge is 2.18. The Morgan fingerprint density at radius 3 is 2.29 bits per heavy atom. The first kappa shape index (κ1) is 10.5. The molecule has 1 aromatic carbocycles. The minimum atomic E-state index is -0.425. The second kappa shape index (κ2) is 3.29. The van der Waals surface area contributed by atoms with Crippen LogP contribution >= 0.6 is 0 Å². The number of nitro groups is 1. The van der Waals surface area contributed by atoms with E-state index in [1.807, 2.05) is 20.8 Å². The molecule has 0 fully saturated rings. The Bertz CT molecular complexity index is 367. The Kier molecular flexibility index (Phi) is 2.47. The first-order valence-corrected chi connectivity index (χ1v) is 4.36. The van der Waals surface area contributed by atoms with Crippen LogP contribution < -0.4 is 5.73 Å². The monoisotopic (exact) mass is 194 g/mol. The van der Waals surface area contributed by atoms with Crippen LogP contribution in [0, 0.1) is 10.1 Å². The lowest BCUT2D eigenvalue weighted by atomic mass is 9.86. The van der Waals surface area contributed by atoms with E-state index in [-0.39, 0.29) is 11.1 Å². The van der Waals surface area contributed by atoms with Crippen molar-refractivity contribution >= 4 is 11.4 Å². The van der Waals surface area contributed by atoms with Crippen LogP contribution in [0.2, 0.25) is 0 Å². The topological polar surface area (TPSA) is 69.2 Å². The van der Waals surface area contributed by atoms with Crippen LogP contribution in [0.25, 0.3) is 0 Å². The van der Waals surface area contributed by atoms with Gasteiger partial charge in [-0.25, -0.2) is 0 Å². The van der Waals surface area contributed by atoms with Crippen molar-refractivity contribution in [1.29, 1.82) is 0 Å². The van der Waals surface area contributed by atoms with Crippen molar-refractivity contribution in [3.8, 4) is 0 Å². The summed E-state index contributed by atoms with van der Waals surface area (Å²) in [6.07, 6.45) is 0. The number of hydrogen-bond donors (Lipinski definition) is 1. The largest absolute Gasteiger partial charge is 0.399 e. The first-order valence-electron chi connectivity index (χ1n) is 4.36. The Hall–Kier alpha value is -1.58. The quantitative estimate of drug-likeness (QED) is 0.424. The molecule has 0 aliphatic carbocycles. The van der Waals surface area contributed by atoms with Crippen LogP contribution in [0.15, 0.2) is 18.2 Å². The summed E-state index contributed by atoms with van der Waals surface area (Å²) in [5, 5.41) is 10.6. The highest BCUT2D eigenvalue weighted by molar-refractivity contribution is 5.52. The third-order valence-electron chi connectivity index (χ3n) is 2.02. The fraction of sp³-hybridized carbons (Fsp3) is 0.400. The molecule has 0 amide bonds. The van der Waals surface area contributed by atoms with Gasteiger partial charge in [0.2, 0.25) is 0 Å². The summed E-state index contributed by atoms with van der Waals surface area (Å²) in [6, 6.07) is 4.71. The van der Waals surface area contributed by atoms with Gasteiger partial charge in [0, 0.05) is 17.8 Å². The van der Waals surface area contributed by atoms with Gasteiger partial charge in [-0.15, -0.1) is 0 Å². The van der Waals surface area contributed by atoms with Crippen molar-refractivity contribution < 1.29 is 4.92 Å². The van der Waals surface area contributed by atoms with Gasteiger partial charge in [0.25, 0.3) is 5.69 Å². The van der Waals surface area contributed by atoms with Gasteiger partial charge in [-0.05, 0) is 17.0 Å². The average Bonchev–Trinajstić information content (AvgIpc) is 2.01. The van der Waals surface area contributed by atoms with Crippen LogP contribution in [0.3, 0.4) is 0 Å². The molecule has 76 valence electrons. The van der Waals surface area contributed by atoms with Crippen molar-refractivity contribution in [3.63, 3.8) is 0 Å². The Morgan fingerprint density at radius 2 is 1.86 bits per heavy atom. The maximum atomic E-state index is 10.6. The summed E-state index contributed by atoms with van der Waals surface area (Å²) >= 11 is 0. The van der Waals surface area contributed by atoms with Crippen molar-refractivity contribution in [2.24, 2.45) is 0 Å².